The van der Waals surface area contributed by atoms with Gasteiger partial charge >= 0.3 is 0 Å². The van der Waals surface area contributed by atoms with E-state index in [1.165, 1.54) is 4.68 Å². The highest BCUT2D eigenvalue weighted by Gasteiger charge is 2.20. The predicted molar refractivity (Wildman–Crippen MR) is 98.9 cm³/mol. The van der Waals surface area contributed by atoms with Crippen LogP contribution in [0.5, 0.6) is 0 Å². The van der Waals surface area contributed by atoms with Gasteiger partial charge in [0.05, 0.1) is 16.6 Å². The van der Waals surface area contributed by atoms with Crippen LogP contribution in [0.2, 0.25) is 0 Å². The summed E-state index contributed by atoms with van der Waals surface area (Å²) in [6.45, 7) is 5.58. The number of aromatic nitrogens is 4. The number of hydrogen-bond acceptors (Lipinski definition) is 5. The molecule has 0 aliphatic carbocycles. The molecule has 0 fully saturated rings. The van der Waals surface area contributed by atoms with E-state index in [2.05, 4.69) is 20.8 Å². The standard InChI is InChI=1S/C18H17F2N5OS/c1-10-6-11(2)8-14(7-10)25-18(22-23-24-25)27-12(3)17(26)21-16-9-13(19)4-5-15(16)20/h4-9,12H,1-3H3,(H,21,26)/t12-/m1/s1. The fraction of sp³-hybridized carbons (Fsp3) is 0.222. The van der Waals surface area contributed by atoms with Crippen molar-refractivity contribution in [2.24, 2.45) is 0 Å². The van der Waals surface area contributed by atoms with Crippen LogP contribution in [0.15, 0.2) is 41.6 Å². The van der Waals surface area contributed by atoms with Crippen LogP contribution in [0.4, 0.5) is 14.5 Å². The molecule has 0 saturated heterocycles. The lowest BCUT2D eigenvalue weighted by molar-refractivity contribution is -0.115. The zero-order valence-electron chi connectivity index (χ0n) is 14.9. The molecule has 1 atom stereocenters. The number of amides is 1. The topological polar surface area (TPSA) is 72.7 Å². The monoisotopic (exact) mass is 389 g/mol. The molecule has 9 heteroatoms. The second-order valence-electron chi connectivity index (χ2n) is 6.09. The quantitative estimate of drug-likeness (QED) is 0.674. The third-order valence-electron chi connectivity index (χ3n) is 3.73. The van der Waals surface area contributed by atoms with Gasteiger partial charge in [0.1, 0.15) is 11.6 Å². The van der Waals surface area contributed by atoms with E-state index in [-0.39, 0.29) is 5.69 Å². The Labute approximate surface area is 159 Å². The van der Waals surface area contributed by atoms with Crippen molar-refractivity contribution in [2.75, 3.05) is 5.32 Å². The molecule has 2 aromatic carbocycles. The molecular formula is C18H17F2N5OS. The van der Waals surface area contributed by atoms with Crippen molar-refractivity contribution < 1.29 is 13.6 Å². The lowest BCUT2D eigenvalue weighted by Gasteiger charge is -2.12. The fourth-order valence-electron chi connectivity index (χ4n) is 2.53. The van der Waals surface area contributed by atoms with Crippen molar-refractivity contribution >= 4 is 23.4 Å². The summed E-state index contributed by atoms with van der Waals surface area (Å²) < 4.78 is 28.5. The number of hydrogen-bond donors (Lipinski definition) is 1. The van der Waals surface area contributed by atoms with Gasteiger partial charge in [-0.1, -0.05) is 17.8 Å². The molecule has 3 aromatic rings. The van der Waals surface area contributed by atoms with E-state index in [0.717, 1.165) is 46.8 Å². The molecule has 0 aliphatic heterocycles. The van der Waals surface area contributed by atoms with Gasteiger partial charge in [-0.2, -0.15) is 4.68 Å². The SMILES string of the molecule is Cc1cc(C)cc(-n2nnnc2S[C@H](C)C(=O)Nc2cc(F)ccc2F)c1. The van der Waals surface area contributed by atoms with Gasteiger partial charge in [0.2, 0.25) is 11.1 Å². The van der Waals surface area contributed by atoms with Gasteiger partial charge in [-0.05, 0) is 66.6 Å². The maximum atomic E-state index is 13.7. The Morgan fingerprint density at radius 3 is 2.56 bits per heavy atom. The number of carbonyl (C=O) groups is 1. The number of thioether (sulfide) groups is 1. The van der Waals surface area contributed by atoms with Gasteiger partial charge in [0.15, 0.2) is 0 Å². The summed E-state index contributed by atoms with van der Waals surface area (Å²) in [5, 5.41) is 13.8. The third-order valence-corrected chi connectivity index (χ3v) is 4.76. The first kappa shape index (κ1) is 19.0. The fourth-order valence-corrected chi connectivity index (χ4v) is 3.33. The Morgan fingerprint density at radius 2 is 1.85 bits per heavy atom. The average molecular weight is 389 g/mol. The number of halogens is 2. The van der Waals surface area contributed by atoms with Gasteiger partial charge < -0.3 is 5.32 Å². The number of nitrogens with zero attached hydrogens (tertiary/aromatic N) is 4. The van der Waals surface area contributed by atoms with Crippen LogP contribution >= 0.6 is 11.8 Å². The average Bonchev–Trinajstić information content (AvgIpc) is 3.05. The molecule has 6 nitrogen and oxygen atoms in total. The van der Waals surface area contributed by atoms with E-state index < -0.39 is 22.8 Å². The molecule has 0 radical (unpaired) electrons. The lowest BCUT2D eigenvalue weighted by atomic mass is 10.1. The second-order valence-corrected chi connectivity index (χ2v) is 7.40. The molecule has 0 aliphatic rings. The second kappa shape index (κ2) is 7.83. The van der Waals surface area contributed by atoms with Crippen LogP contribution in [0.25, 0.3) is 5.69 Å². The van der Waals surface area contributed by atoms with E-state index >= 15 is 0 Å². The highest BCUT2D eigenvalue weighted by Crippen LogP contribution is 2.25. The molecule has 1 N–H and O–H groups in total. The minimum absolute atomic E-state index is 0.207. The maximum absolute atomic E-state index is 13.7. The first-order valence-electron chi connectivity index (χ1n) is 8.13. The first-order chi connectivity index (χ1) is 12.8. The van der Waals surface area contributed by atoms with Crippen LogP contribution in [-0.4, -0.2) is 31.4 Å². The molecule has 1 aromatic heterocycles. The van der Waals surface area contributed by atoms with Crippen LogP contribution < -0.4 is 5.32 Å². The zero-order valence-corrected chi connectivity index (χ0v) is 15.7. The van der Waals surface area contributed by atoms with Crippen molar-refractivity contribution in [1.29, 1.82) is 0 Å². The molecular weight excluding hydrogens is 372 g/mol. The Hall–Kier alpha value is -2.81. The van der Waals surface area contributed by atoms with Crippen LogP contribution in [0.1, 0.15) is 18.1 Å². The number of nitrogens with one attached hydrogen (secondary N) is 1. The third kappa shape index (κ3) is 4.48. The molecule has 1 amide bonds. The normalized spacial score (nSPS) is 12.0. The van der Waals surface area contributed by atoms with Gasteiger partial charge in [0, 0.05) is 6.07 Å². The molecule has 0 unspecified atom stereocenters. The number of aryl methyl sites for hydroxylation is 2. The molecule has 1 heterocycles. The van der Waals surface area contributed by atoms with Gasteiger partial charge in [-0.25, -0.2) is 8.78 Å². The van der Waals surface area contributed by atoms with E-state index in [1.54, 1.807) is 6.92 Å². The Balaban J connectivity index is 1.77. The lowest BCUT2D eigenvalue weighted by Crippen LogP contribution is -2.23. The predicted octanol–water partition coefficient (Wildman–Crippen LogP) is 3.68. The summed E-state index contributed by atoms with van der Waals surface area (Å²) in [5.74, 6) is -1.83. The van der Waals surface area contributed by atoms with Crippen molar-refractivity contribution in [3.05, 3.63) is 59.2 Å². The minimum Gasteiger partial charge on any atom is -0.323 e. The van der Waals surface area contributed by atoms with Crippen molar-refractivity contribution in [2.45, 2.75) is 31.2 Å². The Bertz CT molecular complexity index is 971. The molecule has 27 heavy (non-hydrogen) atoms. The van der Waals surface area contributed by atoms with Crippen LogP contribution in [0, 0.1) is 25.5 Å². The smallest absolute Gasteiger partial charge is 0.237 e. The number of rotatable bonds is 5. The van der Waals surface area contributed by atoms with E-state index in [9.17, 15) is 13.6 Å². The van der Waals surface area contributed by atoms with Crippen molar-refractivity contribution in [3.8, 4) is 5.69 Å². The zero-order chi connectivity index (χ0) is 19.6. The summed E-state index contributed by atoms with van der Waals surface area (Å²) in [7, 11) is 0. The van der Waals surface area contributed by atoms with Gasteiger partial charge in [-0.15, -0.1) is 5.10 Å². The minimum atomic E-state index is -0.706. The number of carbonyl (C=O) groups excluding carboxylic acids is 1. The number of benzene rings is 2. The summed E-state index contributed by atoms with van der Waals surface area (Å²) in [6, 6.07) is 8.78. The molecule has 0 bridgehead atoms. The molecule has 3 rings (SSSR count). The first-order valence-corrected chi connectivity index (χ1v) is 9.01. The largest absolute Gasteiger partial charge is 0.323 e. The highest BCUT2D eigenvalue weighted by atomic mass is 32.2. The molecule has 140 valence electrons. The summed E-state index contributed by atoms with van der Waals surface area (Å²) in [6.07, 6.45) is 0. The van der Waals surface area contributed by atoms with Gasteiger partial charge in [0.25, 0.3) is 0 Å². The molecule has 0 saturated carbocycles. The van der Waals surface area contributed by atoms with E-state index in [0.29, 0.717) is 5.16 Å². The van der Waals surface area contributed by atoms with E-state index in [1.807, 2.05) is 32.0 Å². The molecule has 0 spiro atoms. The Kier molecular flexibility index (Phi) is 5.50. The van der Waals surface area contributed by atoms with Crippen molar-refractivity contribution in [3.63, 3.8) is 0 Å². The number of anilines is 1. The van der Waals surface area contributed by atoms with Crippen molar-refractivity contribution in [1.82, 2.24) is 20.2 Å². The summed E-state index contributed by atoms with van der Waals surface area (Å²) >= 11 is 1.12. The van der Waals surface area contributed by atoms with E-state index in [4.69, 9.17) is 0 Å². The summed E-state index contributed by atoms with van der Waals surface area (Å²) in [5.41, 5.74) is 2.69. The number of tetrazole rings is 1. The van der Waals surface area contributed by atoms with Gasteiger partial charge in [-0.3, -0.25) is 4.79 Å². The van der Waals surface area contributed by atoms with Crippen LogP contribution in [0.3, 0.4) is 0 Å². The highest BCUT2D eigenvalue weighted by molar-refractivity contribution is 8.00. The maximum Gasteiger partial charge on any atom is 0.237 e. The Morgan fingerprint density at radius 1 is 1.15 bits per heavy atom. The summed E-state index contributed by atoms with van der Waals surface area (Å²) in [4.78, 5) is 12.4. The van der Waals surface area contributed by atoms with Crippen LogP contribution in [-0.2, 0) is 4.79 Å².